The van der Waals surface area contributed by atoms with Crippen molar-refractivity contribution in [3.8, 4) is 0 Å². The van der Waals surface area contributed by atoms with Gasteiger partial charge in [-0.05, 0) is 12.8 Å². The Morgan fingerprint density at radius 3 is 1.93 bits per heavy atom. The van der Waals surface area contributed by atoms with Crippen molar-refractivity contribution in [3.63, 3.8) is 0 Å². The largest absolute Gasteiger partial charge is 0.325 e. The molecule has 0 aromatic rings. The minimum atomic E-state index is -3.77. The van der Waals surface area contributed by atoms with Crippen molar-refractivity contribution in [1.29, 1.82) is 0 Å². The lowest BCUT2D eigenvalue weighted by atomic mass is 10.1. The first-order valence-electron chi connectivity index (χ1n) is 4.90. The molecule has 0 bridgehead atoms. The lowest BCUT2D eigenvalue weighted by Crippen LogP contribution is -1.88. The molecule has 0 aromatic carbocycles. The zero-order valence-corrected chi connectivity index (χ0v) is 10.1. The fourth-order valence-electron chi connectivity index (χ4n) is 1.20. The SMILES string of the molecule is O=PCCCCCCCCP(=O)(O)O. The van der Waals surface area contributed by atoms with Crippen molar-refractivity contribution in [3.05, 3.63) is 0 Å². The molecular weight excluding hydrogens is 222 g/mol. The van der Waals surface area contributed by atoms with Crippen molar-refractivity contribution in [2.75, 3.05) is 12.3 Å². The molecule has 84 valence electrons. The van der Waals surface area contributed by atoms with Crippen LogP contribution < -0.4 is 0 Å². The van der Waals surface area contributed by atoms with Gasteiger partial charge >= 0.3 is 7.60 Å². The zero-order valence-electron chi connectivity index (χ0n) is 8.26. The first-order chi connectivity index (χ1) is 6.56. The molecule has 0 fully saturated rings. The van der Waals surface area contributed by atoms with Crippen LogP contribution >= 0.6 is 16.1 Å². The number of hydrogen-bond donors (Lipinski definition) is 2. The molecule has 4 nitrogen and oxygen atoms in total. The second-order valence-corrected chi connectivity index (χ2v) is 5.84. The first-order valence-corrected chi connectivity index (χ1v) is 7.69. The van der Waals surface area contributed by atoms with E-state index in [-0.39, 0.29) is 14.6 Å². The van der Waals surface area contributed by atoms with Crippen molar-refractivity contribution in [2.45, 2.75) is 38.5 Å². The molecular formula is C8H18O4P2. The average molecular weight is 240 g/mol. The minimum Gasteiger partial charge on any atom is -0.324 e. The molecule has 0 rings (SSSR count). The Hall–Kier alpha value is 0.250. The number of unbranched alkanes of at least 4 members (excludes halogenated alkanes) is 5. The van der Waals surface area contributed by atoms with E-state index in [0.29, 0.717) is 6.42 Å². The van der Waals surface area contributed by atoms with Gasteiger partial charge in [0.15, 0.2) is 8.46 Å². The van der Waals surface area contributed by atoms with E-state index in [1.54, 1.807) is 0 Å². The van der Waals surface area contributed by atoms with E-state index in [9.17, 15) is 9.13 Å². The third-order valence-corrected chi connectivity index (χ3v) is 3.35. The summed E-state index contributed by atoms with van der Waals surface area (Å²) in [6.07, 6.45) is 6.32. The first kappa shape index (κ1) is 14.2. The van der Waals surface area contributed by atoms with E-state index >= 15 is 0 Å². The summed E-state index contributed by atoms with van der Waals surface area (Å²) in [5.74, 6) is 0. The van der Waals surface area contributed by atoms with Crippen LogP contribution in [0.3, 0.4) is 0 Å². The Morgan fingerprint density at radius 2 is 1.43 bits per heavy atom. The summed E-state index contributed by atoms with van der Waals surface area (Å²) in [6, 6.07) is 0. The summed E-state index contributed by atoms with van der Waals surface area (Å²) in [5.41, 5.74) is 0. The predicted octanol–water partition coefficient (Wildman–Crippen LogP) is 2.80. The summed E-state index contributed by atoms with van der Waals surface area (Å²) in [5, 5.41) is 0. The molecule has 0 aromatic heterocycles. The van der Waals surface area contributed by atoms with Gasteiger partial charge in [0.25, 0.3) is 0 Å². The molecule has 0 spiro atoms. The summed E-state index contributed by atoms with van der Waals surface area (Å²) < 4.78 is 20.5. The maximum atomic E-state index is 10.5. The number of hydrogen-bond acceptors (Lipinski definition) is 2. The van der Waals surface area contributed by atoms with Crippen LogP contribution in [0.2, 0.25) is 0 Å². The topological polar surface area (TPSA) is 74.6 Å². The standard InChI is InChI=1S/C8H18O4P2/c9-13-7-5-3-1-2-4-6-8-14(10,11)12/h1-8H2,(H2,10,11,12). The van der Waals surface area contributed by atoms with Gasteiger partial charge in [0.1, 0.15) is 0 Å². The highest BCUT2D eigenvalue weighted by Crippen LogP contribution is 2.35. The monoisotopic (exact) mass is 240 g/mol. The molecule has 0 amide bonds. The molecule has 0 aliphatic heterocycles. The van der Waals surface area contributed by atoms with Crippen LogP contribution in [0.15, 0.2) is 0 Å². The van der Waals surface area contributed by atoms with E-state index in [0.717, 1.165) is 38.3 Å². The van der Waals surface area contributed by atoms with Crippen LogP contribution in [0.5, 0.6) is 0 Å². The zero-order chi connectivity index (χ0) is 10.9. The van der Waals surface area contributed by atoms with Gasteiger partial charge in [0.2, 0.25) is 0 Å². The Labute approximate surface area is 86.5 Å². The number of rotatable bonds is 9. The van der Waals surface area contributed by atoms with E-state index in [1.165, 1.54) is 0 Å². The normalized spacial score (nSPS) is 12.1. The summed E-state index contributed by atoms with van der Waals surface area (Å²) >= 11 is 0. The average Bonchev–Trinajstić information content (AvgIpc) is 2.08. The molecule has 0 saturated carbocycles. The molecule has 0 unspecified atom stereocenters. The quantitative estimate of drug-likeness (QED) is 0.480. The molecule has 2 N–H and O–H groups in total. The summed E-state index contributed by atoms with van der Waals surface area (Å²) in [6.45, 7) is 0. The van der Waals surface area contributed by atoms with Gasteiger partial charge < -0.3 is 9.79 Å². The third kappa shape index (κ3) is 12.2. The van der Waals surface area contributed by atoms with Crippen LogP contribution in [0.1, 0.15) is 38.5 Å². The Kier molecular flexibility index (Phi) is 8.70. The maximum absolute atomic E-state index is 10.5. The Morgan fingerprint density at radius 1 is 0.929 bits per heavy atom. The highest BCUT2D eigenvalue weighted by molar-refractivity contribution is 7.51. The molecule has 0 aliphatic carbocycles. The maximum Gasteiger partial charge on any atom is 0.325 e. The van der Waals surface area contributed by atoms with Crippen LogP contribution in [-0.4, -0.2) is 22.1 Å². The second-order valence-electron chi connectivity index (χ2n) is 3.36. The second kappa shape index (κ2) is 8.55. The Bertz CT molecular complexity index is 190. The van der Waals surface area contributed by atoms with E-state index in [2.05, 4.69) is 0 Å². The van der Waals surface area contributed by atoms with Gasteiger partial charge in [-0.3, -0.25) is 9.13 Å². The van der Waals surface area contributed by atoms with E-state index in [4.69, 9.17) is 9.79 Å². The highest BCUT2D eigenvalue weighted by Gasteiger charge is 2.10. The van der Waals surface area contributed by atoms with Crippen LogP contribution in [0.25, 0.3) is 0 Å². The van der Waals surface area contributed by atoms with Gasteiger partial charge in [0, 0.05) is 12.3 Å². The van der Waals surface area contributed by atoms with Crippen LogP contribution in [-0.2, 0) is 9.13 Å². The fraction of sp³-hybridized carbons (Fsp3) is 1.00. The fourth-order valence-corrected chi connectivity index (χ4v) is 2.19. The Balaban J connectivity index is 3.07. The van der Waals surface area contributed by atoms with Gasteiger partial charge in [0.05, 0.1) is 0 Å². The lowest BCUT2D eigenvalue weighted by molar-refractivity contribution is 0.370. The molecule has 0 atom stereocenters. The molecule has 0 heterocycles. The van der Waals surface area contributed by atoms with Crippen molar-refractivity contribution < 1.29 is 18.9 Å². The van der Waals surface area contributed by atoms with Crippen molar-refractivity contribution in [1.82, 2.24) is 0 Å². The third-order valence-electron chi connectivity index (χ3n) is 1.95. The van der Waals surface area contributed by atoms with Gasteiger partial charge in [-0.2, -0.15) is 0 Å². The van der Waals surface area contributed by atoms with E-state index < -0.39 is 7.60 Å². The minimum absolute atomic E-state index is 0.00613. The molecule has 0 aliphatic rings. The van der Waals surface area contributed by atoms with Crippen LogP contribution in [0.4, 0.5) is 0 Å². The summed E-state index contributed by atoms with van der Waals surface area (Å²) in [4.78, 5) is 17.1. The summed E-state index contributed by atoms with van der Waals surface area (Å²) in [7, 11) is -3.56. The van der Waals surface area contributed by atoms with Gasteiger partial charge in [-0.1, -0.05) is 25.7 Å². The molecule has 0 radical (unpaired) electrons. The highest BCUT2D eigenvalue weighted by atomic mass is 31.2. The van der Waals surface area contributed by atoms with Crippen molar-refractivity contribution in [2.24, 2.45) is 0 Å². The van der Waals surface area contributed by atoms with Gasteiger partial charge in [-0.25, -0.2) is 0 Å². The predicted molar refractivity (Wildman–Crippen MR) is 57.1 cm³/mol. The lowest BCUT2D eigenvalue weighted by Gasteiger charge is -2.02. The molecule has 0 saturated heterocycles. The molecule has 14 heavy (non-hydrogen) atoms. The van der Waals surface area contributed by atoms with Crippen molar-refractivity contribution >= 4 is 16.1 Å². The van der Waals surface area contributed by atoms with E-state index in [1.807, 2.05) is 0 Å². The van der Waals surface area contributed by atoms with Crippen LogP contribution in [0, 0.1) is 0 Å². The molecule has 6 heteroatoms. The smallest absolute Gasteiger partial charge is 0.324 e. The van der Waals surface area contributed by atoms with Gasteiger partial charge in [-0.15, -0.1) is 0 Å².